The van der Waals surface area contributed by atoms with E-state index in [0.717, 1.165) is 25.1 Å². The molecule has 19 heavy (non-hydrogen) atoms. The number of hydrogen-bond acceptors (Lipinski definition) is 4. The van der Waals surface area contributed by atoms with Crippen LogP contribution in [-0.2, 0) is 4.74 Å². The molecule has 0 saturated carbocycles. The first-order valence-corrected chi connectivity index (χ1v) is 9.13. The Labute approximate surface area is 121 Å². The van der Waals surface area contributed by atoms with E-state index in [4.69, 9.17) is 10.5 Å². The maximum atomic E-state index is 6.21. The molecule has 3 nitrogen and oxygen atoms in total. The molecule has 0 aromatic carbocycles. The average molecular weight is 284 g/mol. The van der Waals surface area contributed by atoms with Crippen LogP contribution < -0.4 is 5.73 Å². The standard InChI is InChI=1S/C15H28N2OS/c16-12-13-1-6-17(7-2-13)14-3-8-18-15(11-14)4-9-19-10-5-15/h13-14H,1-12,16H2. The van der Waals surface area contributed by atoms with Crippen molar-refractivity contribution < 1.29 is 4.74 Å². The molecular weight excluding hydrogens is 256 g/mol. The van der Waals surface area contributed by atoms with E-state index in [9.17, 15) is 0 Å². The minimum Gasteiger partial charge on any atom is -0.375 e. The molecule has 3 fully saturated rings. The maximum absolute atomic E-state index is 6.21. The van der Waals surface area contributed by atoms with Crippen LogP contribution in [0.3, 0.4) is 0 Å². The summed E-state index contributed by atoms with van der Waals surface area (Å²) >= 11 is 2.10. The van der Waals surface area contributed by atoms with Crippen molar-refractivity contribution in [3.63, 3.8) is 0 Å². The van der Waals surface area contributed by atoms with Gasteiger partial charge < -0.3 is 15.4 Å². The van der Waals surface area contributed by atoms with E-state index < -0.39 is 0 Å². The number of hydrogen-bond donors (Lipinski definition) is 1. The van der Waals surface area contributed by atoms with Gasteiger partial charge in [0.1, 0.15) is 0 Å². The summed E-state index contributed by atoms with van der Waals surface area (Å²) in [5, 5.41) is 0. The predicted octanol–water partition coefficient (Wildman–Crippen LogP) is 2.10. The third-order valence-electron chi connectivity index (χ3n) is 5.37. The van der Waals surface area contributed by atoms with Crippen LogP contribution in [0.25, 0.3) is 0 Å². The smallest absolute Gasteiger partial charge is 0.0713 e. The van der Waals surface area contributed by atoms with E-state index in [1.54, 1.807) is 0 Å². The molecule has 3 rings (SSSR count). The maximum Gasteiger partial charge on any atom is 0.0713 e. The van der Waals surface area contributed by atoms with Gasteiger partial charge in [0.05, 0.1) is 5.60 Å². The van der Waals surface area contributed by atoms with Gasteiger partial charge in [-0.25, -0.2) is 0 Å². The summed E-state index contributed by atoms with van der Waals surface area (Å²) in [6.07, 6.45) is 7.66. The van der Waals surface area contributed by atoms with Crippen molar-refractivity contribution in [1.82, 2.24) is 4.90 Å². The van der Waals surface area contributed by atoms with Crippen LogP contribution in [0.15, 0.2) is 0 Å². The SMILES string of the molecule is NCC1CCN(C2CCOC3(CCSCC3)C2)CC1. The van der Waals surface area contributed by atoms with Crippen molar-refractivity contribution in [2.24, 2.45) is 11.7 Å². The van der Waals surface area contributed by atoms with Crippen LogP contribution in [0.2, 0.25) is 0 Å². The highest BCUT2D eigenvalue weighted by Crippen LogP contribution is 2.39. The van der Waals surface area contributed by atoms with Gasteiger partial charge >= 0.3 is 0 Å². The Morgan fingerprint density at radius 3 is 2.58 bits per heavy atom. The minimum absolute atomic E-state index is 0.235. The number of nitrogens with two attached hydrogens (primary N) is 1. The summed E-state index contributed by atoms with van der Waals surface area (Å²) in [6, 6.07) is 0.774. The quantitative estimate of drug-likeness (QED) is 0.843. The molecule has 0 radical (unpaired) electrons. The van der Waals surface area contributed by atoms with Crippen LogP contribution in [0, 0.1) is 5.92 Å². The third kappa shape index (κ3) is 3.29. The number of ether oxygens (including phenoxy) is 1. The lowest BCUT2D eigenvalue weighted by Gasteiger charge is -2.47. The fourth-order valence-corrected chi connectivity index (χ4v) is 5.20. The monoisotopic (exact) mass is 284 g/mol. The Kier molecular flexibility index (Phi) is 4.73. The zero-order valence-corrected chi connectivity index (χ0v) is 12.8. The fourth-order valence-electron chi connectivity index (χ4n) is 3.96. The van der Waals surface area contributed by atoms with Gasteiger partial charge in [-0.3, -0.25) is 0 Å². The van der Waals surface area contributed by atoms with Gasteiger partial charge in [0.25, 0.3) is 0 Å². The van der Waals surface area contributed by atoms with E-state index >= 15 is 0 Å². The number of piperidine rings is 1. The molecule has 3 aliphatic heterocycles. The van der Waals surface area contributed by atoms with E-state index in [2.05, 4.69) is 16.7 Å². The number of likely N-dealkylation sites (tertiary alicyclic amines) is 1. The molecule has 0 bridgehead atoms. The molecule has 0 aliphatic carbocycles. The zero-order valence-electron chi connectivity index (χ0n) is 12.0. The Balaban J connectivity index is 1.56. The van der Waals surface area contributed by atoms with Crippen molar-refractivity contribution in [2.45, 2.75) is 50.2 Å². The first kappa shape index (κ1) is 14.2. The fraction of sp³-hybridized carbons (Fsp3) is 1.00. The number of rotatable bonds is 2. The second-order valence-electron chi connectivity index (χ2n) is 6.51. The summed E-state index contributed by atoms with van der Waals surface area (Å²) in [4.78, 5) is 2.73. The van der Waals surface area contributed by atoms with E-state index in [-0.39, 0.29) is 5.60 Å². The summed E-state index contributed by atoms with van der Waals surface area (Å²) < 4.78 is 6.21. The van der Waals surface area contributed by atoms with Gasteiger partial charge in [-0.15, -0.1) is 0 Å². The Hall–Kier alpha value is 0.230. The molecule has 1 spiro atoms. The molecule has 4 heteroatoms. The average Bonchev–Trinajstić information content (AvgIpc) is 2.48. The Morgan fingerprint density at radius 2 is 1.89 bits per heavy atom. The lowest BCUT2D eigenvalue weighted by Crippen LogP contribution is -2.52. The van der Waals surface area contributed by atoms with Crippen LogP contribution >= 0.6 is 11.8 Å². The molecule has 3 saturated heterocycles. The summed E-state index contributed by atoms with van der Waals surface area (Å²) in [7, 11) is 0. The van der Waals surface area contributed by atoms with Gasteiger partial charge in [-0.1, -0.05) is 0 Å². The van der Waals surface area contributed by atoms with Crippen LogP contribution in [-0.4, -0.2) is 54.3 Å². The van der Waals surface area contributed by atoms with Crippen LogP contribution in [0.5, 0.6) is 0 Å². The highest BCUT2D eigenvalue weighted by Gasteiger charge is 2.40. The molecule has 0 amide bonds. The van der Waals surface area contributed by atoms with Crippen molar-refractivity contribution in [3.8, 4) is 0 Å². The van der Waals surface area contributed by atoms with E-state index in [0.29, 0.717) is 0 Å². The first-order valence-electron chi connectivity index (χ1n) is 7.97. The molecular formula is C15H28N2OS. The molecule has 0 aromatic rings. The lowest BCUT2D eigenvalue weighted by molar-refractivity contribution is -0.113. The molecule has 3 heterocycles. The molecule has 2 N–H and O–H groups in total. The third-order valence-corrected chi connectivity index (χ3v) is 6.36. The molecule has 0 aromatic heterocycles. The Morgan fingerprint density at radius 1 is 1.16 bits per heavy atom. The molecule has 3 aliphatic rings. The van der Waals surface area contributed by atoms with Crippen molar-refractivity contribution in [2.75, 3.05) is 37.7 Å². The van der Waals surface area contributed by atoms with Gasteiger partial charge in [-0.05, 0) is 75.6 Å². The van der Waals surface area contributed by atoms with E-state index in [1.165, 1.54) is 63.1 Å². The highest BCUT2D eigenvalue weighted by molar-refractivity contribution is 7.99. The molecule has 110 valence electrons. The topological polar surface area (TPSA) is 38.5 Å². The van der Waals surface area contributed by atoms with E-state index in [1.807, 2.05) is 0 Å². The van der Waals surface area contributed by atoms with Gasteiger partial charge in [0.15, 0.2) is 0 Å². The normalized spacial score (nSPS) is 33.6. The van der Waals surface area contributed by atoms with Crippen molar-refractivity contribution >= 4 is 11.8 Å². The largest absolute Gasteiger partial charge is 0.375 e. The van der Waals surface area contributed by atoms with Crippen LogP contribution in [0.1, 0.15) is 38.5 Å². The minimum atomic E-state index is 0.235. The van der Waals surface area contributed by atoms with Crippen LogP contribution in [0.4, 0.5) is 0 Å². The number of thioether (sulfide) groups is 1. The zero-order chi connectivity index (χ0) is 13.1. The van der Waals surface area contributed by atoms with Gasteiger partial charge in [0.2, 0.25) is 0 Å². The highest BCUT2D eigenvalue weighted by atomic mass is 32.2. The molecule has 1 unspecified atom stereocenters. The predicted molar refractivity (Wildman–Crippen MR) is 81.6 cm³/mol. The Bertz CT molecular complexity index is 280. The van der Waals surface area contributed by atoms with Gasteiger partial charge in [-0.2, -0.15) is 11.8 Å². The second kappa shape index (κ2) is 6.33. The summed E-state index contributed by atoms with van der Waals surface area (Å²) in [5.74, 6) is 3.36. The molecule has 1 atom stereocenters. The second-order valence-corrected chi connectivity index (χ2v) is 7.73. The summed E-state index contributed by atoms with van der Waals surface area (Å²) in [5.41, 5.74) is 6.03. The van der Waals surface area contributed by atoms with Crippen molar-refractivity contribution in [1.29, 1.82) is 0 Å². The summed E-state index contributed by atoms with van der Waals surface area (Å²) in [6.45, 7) is 4.38. The van der Waals surface area contributed by atoms with Crippen molar-refractivity contribution in [3.05, 3.63) is 0 Å². The number of nitrogens with zero attached hydrogens (tertiary/aromatic N) is 1. The van der Waals surface area contributed by atoms with Gasteiger partial charge in [0, 0.05) is 12.6 Å². The lowest BCUT2D eigenvalue weighted by atomic mass is 9.84. The first-order chi connectivity index (χ1) is 9.31.